The van der Waals surface area contributed by atoms with Gasteiger partial charge in [-0.3, -0.25) is 14.4 Å². The van der Waals surface area contributed by atoms with Gasteiger partial charge in [0.2, 0.25) is 5.91 Å². The van der Waals surface area contributed by atoms with E-state index in [1.165, 1.54) is 6.92 Å². The normalized spacial score (nSPS) is 14.0. The highest BCUT2D eigenvalue weighted by Crippen LogP contribution is 2.26. The van der Waals surface area contributed by atoms with E-state index in [0.29, 0.717) is 6.42 Å². The first-order chi connectivity index (χ1) is 10.0. The fourth-order valence-corrected chi connectivity index (χ4v) is 2.04. The number of Topliss-reactive ketones (excluding diaryl/α,β-unsaturated/α-hetero) is 1. The van der Waals surface area contributed by atoms with Crippen LogP contribution in [-0.2, 0) is 19.2 Å². The van der Waals surface area contributed by atoms with Gasteiger partial charge in [0.15, 0.2) is 0 Å². The van der Waals surface area contributed by atoms with Crippen LogP contribution in [0.5, 0.6) is 0 Å². The molecule has 126 valence electrons. The average Bonchev–Trinajstić information content (AvgIpc) is 2.41. The molecule has 2 atom stereocenters. The zero-order valence-corrected chi connectivity index (χ0v) is 13.5. The molecule has 1 amide bonds. The fourth-order valence-electron chi connectivity index (χ4n) is 2.04. The van der Waals surface area contributed by atoms with E-state index in [9.17, 15) is 19.2 Å². The van der Waals surface area contributed by atoms with E-state index in [1.807, 2.05) is 0 Å². The van der Waals surface area contributed by atoms with Crippen LogP contribution < -0.4 is 5.32 Å². The van der Waals surface area contributed by atoms with Gasteiger partial charge in [0, 0.05) is 18.3 Å². The molecule has 22 heavy (non-hydrogen) atoms. The van der Waals surface area contributed by atoms with Gasteiger partial charge < -0.3 is 15.5 Å². The SMILES string of the molecule is CCC(=O)CC[C@H](NC(=O)C(C)(C)CC(C)C(=O)O)C(=O)O. The lowest BCUT2D eigenvalue weighted by atomic mass is 9.82. The summed E-state index contributed by atoms with van der Waals surface area (Å²) in [6.07, 6.45) is 0.522. The molecule has 0 rings (SSSR count). The molecule has 3 N–H and O–H groups in total. The van der Waals surface area contributed by atoms with Crippen LogP contribution in [0, 0.1) is 11.3 Å². The van der Waals surface area contributed by atoms with Crippen LogP contribution in [0.4, 0.5) is 0 Å². The van der Waals surface area contributed by atoms with Gasteiger partial charge in [-0.25, -0.2) is 4.79 Å². The predicted molar refractivity (Wildman–Crippen MR) is 79.3 cm³/mol. The molecular formula is C15H25NO6. The van der Waals surface area contributed by atoms with Crippen molar-refractivity contribution in [1.82, 2.24) is 5.32 Å². The van der Waals surface area contributed by atoms with E-state index in [1.54, 1.807) is 20.8 Å². The summed E-state index contributed by atoms with van der Waals surface area (Å²) in [5, 5.41) is 20.4. The highest BCUT2D eigenvalue weighted by Gasteiger charge is 2.34. The van der Waals surface area contributed by atoms with Crippen molar-refractivity contribution in [1.29, 1.82) is 0 Å². The Balaban J connectivity index is 4.76. The molecule has 0 aromatic carbocycles. The Hall–Kier alpha value is -1.92. The number of hydrogen-bond acceptors (Lipinski definition) is 4. The lowest BCUT2D eigenvalue weighted by Crippen LogP contribution is -2.47. The van der Waals surface area contributed by atoms with Gasteiger partial charge in [-0.05, 0) is 12.8 Å². The summed E-state index contributed by atoms with van der Waals surface area (Å²) < 4.78 is 0. The molecule has 0 radical (unpaired) electrons. The van der Waals surface area contributed by atoms with Crippen LogP contribution in [0.25, 0.3) is 0 Å². The molecule has 0 fully saturated rings. The molecule has 0 bridgehead atoms. The second-order valence-corrected chi connectivity index (χ2v) is 6.12. The largest absolute Gasteiger partial charge is 0.481 e. The molecule has 0 saturated heterocycles. The van der Waals surface area contributed by atoms with Crippen LogP contribution in [0.2, 0.25) is 0 Å². The second kappa shape index (κ2) is 8.51. The standard InChI is InChI=1S/C15H25NO6/c1-5-10(17)6-7-11(13(20)21)16-14(22)15(3,4)8-9(2)12(18)19/h9,11H,5-8H2,1-4H3,(H,16,22)(H,18,19)(H,20,21)/t9?,11-/m0/s1. The molecule has 7 heteroatoms. The molecule has 0 spiro atoms. The summed E-state index contributed by atoms with van der Waals surface area (Å²) in [6, 6.07) is -1.15. The van der Waals surface area contributed by atoms with E-state index in [4.69, 9.17) is 10.2 Å². The Morgan fingerprint density at radius 2 is 1.64 bits per heavy atom. The fraction of sp³-hybridized carbons (Fsp3) is 0.733. The number of hydrogen-bond donors (Lipinski definition) is 3. The van der Waals surface area contributed by atoms with Crippen molar-refractivity contribution in [2.24, 2.45) is 11.3 Å². The number of carbonyl (C=O) groups excluding carboxylic acids is 2. The van der Waals surface area contributed by atoms with Crippen molar-refractivity contribution in [2.75, 3.05) is 0 Å². The minimum atomic E-state index is -1.21. The van der Waals surface area contributed by atoms with Crippen molar-refractivity contribution < 1.29 is 29.4 Å². The van der Waals surface area contributed by atoms with Gasteiger partial charge in [0.1, 0.15) is 11.8 Å². The maximum Gasteiger partial charge on any atom is 0.326 e. The highest BCUT2D eigenvalue weighted by molar-refractivity contribution is 5.88. The first-order valence-corrected chi connectivity index (χ1v) is 7.29. The van der Waals surface area contributed by atoms with Crippen molar-refractivity contribution >= 4 is 23.6 Å². The zero-order valence-electron chi connectivity index (χ0n) is 13.5. The second-order valence-electron chi connectivity index (χ2n) is 6.12. The zero-order chi connectivity index (χ0) is 17.5. The smallest absolute Gasteiger partial charge is 0.326 e. The molecule has 1 unspecified atom stereocenters. The quantitative estimate of drug-likeness (QED) is 0.561. The van der Waals surface area contributed by atoms with E-state index in [2.05, 4.69) is 5.32 Å². The molecule has 0 aliphatic carbocycles. The Bertz CT molecular complexity index is 443. The van der Waals surface area contributed by atoms with Crippen molar-refractivity contribution in [3.8, 4) is 0 Å². The number of carbonyl (C=O) groups is 4. The average molecular weight is 315 g/mol. The summed E-state index contributed by atoms with van der Waals surface area (Å²) >= 11 is 0. The molecule has 0 aliphatic rings. The van der Waals surface area contributed by atoms with Gasteiger partial charge in [0.05, 0.1) is 5.92 Å². The van der Waals surface area contributed by atoms with E-state index in [0.717, 1.165) is 0 Å². The number of aliphatic carboxylic acids is 2. The minimum absolute atomic E-state index is 0.0261. The molecule has 0 aromatic heterocycles. The van der Waals surface area contributed by atoms with Crippen LogP contribution in [0.15, 0.2) is 0 Å². The third-order valence-electron chi connectivity index (χ3n) is 3.56. The first-order valence-electron chi connectivity index (χ1n) is 7.29. The molecule has 0 heterocycles. The van der Waals surface area contributed by atoms with Gasteiger partial charge in [-0.2, -0.15) is 0 Å². The Labute approximate surface area is 130 Å². The monoisotopic (exact) mass is 315 g/mol. The lowest BCUT2D eigenvalue weighted by molar-refractivity contribution is -0.146. The summed E-state index contributed by atoms with van der Waals surface area (Å²) in [4.78, 5) is 45.5. The number of nitrogens with one attached hydrogen (secondary N) is 1. The van der Waals surface area contributed by atoms with Crippen LogP contribution in [0.1, 0.15) is 53.4 Å². The van der Waals surface area contributed by atoms with Crippen LogP contribution in [0.3, 0.4) is 0 Å². The predicted octanol–water partition coefficient (Wildman–Crippen LogP) is 1.45. The lowest BCUT2D eigenvalue weighted by Gasteiger charge is -2.27. The van der Waals surface area contributed by atoms with Crippen LogP contribution in [-0.4, -0.2) is 39.9 Å². The first kappa shape index (κ1) is 20.1. The number of ketones is 1. The summed E-state index contributed by atoms with van der Waals surface area (Å²) in [5.41, 5.74) is -1.01. The minimum Gasteiger partial charge on any atom is -0.481 e. The topological polar surface area (TPSA) is 121 Å². The Morgan fingerprint density at radius 3 is 2.05 bits per heavy atom. The highest BCUT2D eigenvalue weighted by atomic mass is 16.4. The number of rotatable bonds is 10. The van der Waals surface area contributed by atoms with Gasteiger partial charge in [-0.15, -0.1) is 0 Å². The maximum absolute atomic E-state index is 12.2. The third kappa shape index (κ3) is 6.69. The van der Waals surface area contributed by atoms with Gasteiger partial charge in [-0.1, -0.05) is 27.7 Å². The molecular weight excluding hydrogens is 290 g/mol. The summed E-state index contributed by atoms with van der Waals surface area (Å²) in [5.74, 6) is -3.54. The van der Waals surface area contributed by atoms with Crippen molar-refractivity contribution in [3.63, 3.8) is 0 Å². The van der Waals surface area contributed by atoms with Gasteiger partial charge >= 0.3 is 11.9 Å². The van der Waals surface area contributed by atoms with Crippen molar-refractivity contribution in [3.05, 3.63) is 0 Å². The maximum atomic E-state index is 12.2. The molecule has 7 nitrogen and oxygen atoms in total. The van der Waals surface area contributed by atoms with Crippen LogP contribution >= 0.6 is 0 Å². The Morgan fingerprint density at radius 1 is 1.09 bits per heavy atom. The number of carboxylic acid groups (broad SMARTS) is 2. The van der Waals surface area contributed by atoms with E-state index < -0.39 is 35.2 Å². The number of amides is 1. The van der Waals surface area contributed by atoms with E-state index in [-0.39, 0.29) is 25.0 Å². The summed E-state index contributed by atoms with van der Waals surface area (Å²) in [7, 11) is 0. The number of carboxylic acids is 2. The molecule has 0 aromatic rings. The molecule has 0 aliphatic heterocycles. The molecule has 0 saturated carbocycles. The third-order valence-corrected chi connectivity index (χ3v) is 3.56. The van der Waals surface area contributed by atoms with Crippen molar-refractivity contribution in [2.45, 2.75) is 59.4 Å². The van der Waals surface area contributed by atoms with Gasteiger partial charge in [0.25, 0.3) is 0 Å². The Kier molecular flexibility index (Phi) is 7.76. The summed E-state index contributed by atoms with van der Waals surface area (Å²) in [6.45, 7) is 6.31. The van der Waals surface area contributed by atoms with E-state index >= 15 is 0 Å².